The molecule has 0 aliphatic heterocycles. The van der Waals surface area contributed by atoms with E-state index in [1.54, 1.807) is 0 Å². The summed E-state index contributed by atoms with van der Waals surface area (Å²) in [7, 11) is -3.44. The number of carbonyl (C=O) groups is 1. The fourth-order valence-electron chi connectivity index (χ4n) is 1.73. The van der Waals surface area contributed by atoms with Crippen LogP contribution in [-0.2, 0) is 21.2 Å². The van der Waals surface area contributed by atoms with Crippen LogP contribution in [0.5, 0.6) is 0 Å². The van der Waals surface area contributed by atoms with Gasteiger partial charge in [0, 0.05) is 6.42 Å². The standard InChI is InChI=1S/C12H17NO3S/c1-9-6-10(2)8-11(7-9)4-5-12(14)13-17(3,15)16/h6-8H,4-5H2,1-3H3,(H,13,14). The smallest absolute Gasteiger partial charge is 0.233 e. The molecule has 1 rings (SSSR count). The van der Waals surface area contributed by atoms with Crippen molar-refractivity contribution in [1.82, 2.24) is 4.72 Å². The highest BCUT2D eigenvalue weighted by Gasteiger charge is 2.08. The van der Waals surface area contributed by atoms with Gasteiger partial charge >= 0.3 is 0 Å². The third kappa shape index (κ3) is 5.49. The maximum Gasteiger partial charge on any atom is 0.233 e. The van der Waals surface area contributed by atoms with E-state index in [-0.39, 0.29) is 6.42 Å². The van der Waals surface area contributed by atoms with Crippen LogP contribution in [-0.4, -0.2) is 20.6 Å². The number of benzene rings is 1. The van der Waals surface area contributed by atoms with E-state index in [1.807, 2.05) is 30.7 Å². The van der Waals surface area contributed by atoms with Crippen molar-refractivity contribution < 1.29 is 13.2 Å². The Bertz CT molecular complexity index is 500. The topological polar surface area (TPSA) is 63.2 Å². The van der Waals surface area contributed by atoms with E-state index in [9.17, 15) is 13.2 Å². The first-order valence-electron chi connectivity index (χ1n) is 5.34. The first-order chi connectivity index (χ1) is 7.76. The number of nitrogens with one attached hydrogen (secondary N) is 1. The molecule has 4 nitrogen and oxygen atoms in total. The molecule has 0 saturated heterocycles. The Morgan fingerprint density at radius 3 is 2.18 bits per heavy atom. The molecule has 0 radical (unpaired) electrons. The molecule has 0 aliphatic rings. The SMILES string of the molecule is Cc1cc(C)cc(CCC(=O)NS(C)(=O)=O)c1. The Balaban J connectivity index is 2.59. The van der Waals surface area contributed by atoms with E-state index in [0.29, 0.717) is 6.42 Å². The normalized spacial score (nSPS) is 11.2. The van der Waals surface area contributed by atoms with E-state index in [1.165, 1.54) is 0 Å². The van der Waals surface area contributed by atoms with Gasteiger partial charge in [-0.15, -0.1) is 0 Å². The van der Waals surface area contributed by atoms with Gasteiger partial charge in [0.25, 0.3) is 0 Å². The van der Waals surface area contributed by atoms with Crippen LogP contribution in [0.25, 0.3) is 0 Å². The van der Waals surface area contributed by atoms with E-state index in [4.69, 9.17) is 0 Å². The number of hydrogen-bond acceptors (Lipinski definition) is 3. The number of rotatable bonds is 4. The summed E-state index contributed by atoms with van der Waals surface area (Å²) >= 11 is 0. The molecule has 94 valence electrons. The zero-order valence-electron chi connectivity index (χ0n) is 10.3. The maximum absolute atomic E-state index is 11.3. The monoisotopic (exact) mass is 255 g/mol. The fraction of sp³-hybridized carbons (Fsp3) is 0.417. The molecular formula is C12H17NO3S. The number of hydrogen-bond donors (Lipinski definition) is 1. The van der Waals surface area contributed by atoms with Crippen molar-refractivity contribution in [3.63, 3.8) is 0 Å². The van der Waals surface area contributed by atoms with Gasteiger partial charge in [0.1, 0.15) is 0 Å². The quantitative estimate of drug-likeness (QED) is 0.882. The van der Waals surface area contributed by atoms with E-state index < -0.39 is 15.9 Å². The Labute approximate surface area is 102 Å². The van der Waals surface area contributed by atoms with Crippen molar-refractivity contribution in [2.45, 2.75) is 26.7 Å². The van der Waals surface area contributed by atoms with Crippen LogP contribution in [0, 0.1) is 13.8 Å². The third-order valence-corrected chi connectivity index (χ3v) is 2.82. The molecule has 0 spiro atoms. The van der Waals surface area contributed by atoms with Gasteiger partial charge in [-0.25, -0.2) is 8.42 Å². The molecule has 0 heterocycles. The summed E-state index contributed by atoms with van der Waals surface area (Å²) < 4.78 is 23.6. The van der Waals surface area contributed by atoms with E-state index in [2.05, 4.69) is 6.07 Å². The van der Waals surface area contributed by atoms with Gasteiger partial charge in [-0.3, -0.25) is 9.52 Å². The molecule has 0 aromatic heterocycles. The summed E-state index contributed by atoms with van der Waals surface area (Å²) in [6.07, 6.45) is 1.70. The van der Waals surface area contributed by atoms with Gasteiger partial charge in [0.15, 0.2) is 0 Å². The molecule has 5 heteroatoms. The summed E-state index contributed by atoms with van der Waals surface area (Å²) in [4.78, 5) is 11.3. The summed E-state index contributed by atoms with van der Waals surface area (Å²) in [5.74, 6) is -0.466. The molecule has 0 bridgehead atoms. The molecule has 0 atom stereocenters. The first kappa shape index (κ1) is 13.7. The highest BCUT2D eigenvalue weighted by molar-refractivity contribution is 7.89. The molecule has 17 heavy (non-hydrogen) atoms. The van der Waals surface area contributed by atoms with Crippen molar-refractivity contribution in [1.29, 1.82) is 0 Å². The molecule has 0 aliphatic carbocycles. The van der Waals surface area contributed by atoms with Crippen LogP contribution in [0.1, 0.15) is 23.1 Å². The van der Waals surface area contributed by atoms with Crippen molar-refractivity contribution in [3.05, 3.63) is 34.9 Å². The van der Waals surface area contributed by atoms with Crippen molar-refractivity contribution in [2.24, 2.45) is 0 Å². The summed E-state index contributed by atoms with van der Waals surface area (Å²) in [5.41, 5.74) is 3.33. The maximum atomic E-state index is 11.3. The predicted octanol–water partition coefficient (Wildman–Crippen LogP) is 1.31. The molecule has 0 saturated carbocycles. The molecule has 1 aromatic carbocycles. The molecule has 0 unspecified atom stereocenters. The average molecular weight is 255 g/mol. The number of aryl methyl sites for hydroxylation is 3. The van der Waals surface area contributed by atoms with Gasteiger partial charge in [-0.1, -0.05) is 29.3 Å². The molecular weight excluding hydrogens is 238 g/mol. The van der Waals surface area contributed by atoms with Crippen molar-refractivity contribution >= 4 is 15.9 Å². The number of amides is 1. The minimum absolute atomic E-state index is 0.177. The lowest BCUT2D eigenvalue weighted by molar-refractivity contribution is -0.119. The van der Waals surface area contributed by atoms with Gasteiger partial charge in [0.05, 0.1) is 6.26 Å². The van der Waals surface area contributed by atoms with Crippen LogP contribution in [0.3, 0.4) is 0 Å². The summed E-state index contributed by atoms with van der Waals surface area (Å²) in [5, 5.41) is 0. The third-order valence-electron chi connectivity index (χ3n) is 2.22. The van der Waals surface area contributed by atoms with Crippen LogP contribution in [0.2, 0.25) is 0 Å². The minimum atomic E-state index is -3.44. The summed E-state index contributed by atoms with van der Waals surface area (Å²) in [6.45, 7) is 3.99. The van der Waals surface area contributed by atoms with Crippen LogP contribution in [0.15, 0.2) is 18.2 Å². The highest BCUT2D eigenvalue weighted by Crippen LogP contribution is 2.10. The lowest BCUT2D eigenvalue weighted by Gasteiger charge is -2.05. The molecule has 1 aromatic rings. The Kier molecular flexibility index (Phi) is 4.28. The van der Waals surface area contributed by atoms with Crippen molar-refractivity contribution in [3.8, 4) is 0 Å². The zero-order valence-corrected chi connectivity index (χ0v) is 11.1. The van der Waals surface area contributed by atoms with Gasteiger partial charge in [-0.2, -0.15) is 0 Å². The zero-order chi connectivity index (χ0) is 13.1. The molecule has 0 fully saturated rings. The fourth-order valence-corrected chi connectivity index (χ4v) is 2.24. The predicted molar refractivity (Wildman–Crippen MR) is 67.2 cm³/mol. The lowest BCUT2D eigenvalue weighted by Crippen LogP contribution is -2.29. The average Bonchev–Trinajstić information content (AvgIpc) is 2.10. The largest absolute Gasteiger partial charge is 0.274 e. The highest BCUT2D eigenvalue weighted by atomic mass is 32.2. The number of carbonyl (C=O) groups excluding carboxylic acids is 1. The second-order valence-electron chi connectivity index (χ2n) is 4.29. The molecule has 1 amide bonds. The Morgan fingerprint density at radius 2 is 1.71 bits per heavy atom. The number of sulfonamides is 1. The lowest BCUT2D eigenvalue weighted by atomic mass is 10.0. The Hall–Kier alpha value is -1.36. The van der Waals surface area contributed by atoms with Crippen LogP contribution < -0.4 is 4.72 Å². The summed E-state index contributed by atoms with van der Waals surface area (Å²) in [6, 6.07) is 6.06. The van der Waals surface area contributed by atoms with E-state index >= 15 is 0 Å². The molecule has 1 N–H and O–H groups in total. The van der Waals surface area contributed by atoms with E-state index in [0.717, 1.165) is 22.9 Å². The van der Waals surface area contributed by atoms with Gasteiger partial charge < -0.3 is 0 Å². The first-order valence-corrected chi connectivity index (χ1v) is 7.23. The van der Waals surface area contributed by atoms with Crippen molar-refractivity contribution in [2.75, 3.05) is 6.26 Å². The van der Waals surface area contributed by atoms with Gasteiger partial charge in [0.2, 0.25) is 15.9 Å². The van der Waals surface area contributed by atoms with Crippen LogP contribution >= 0.6 is 0 Å². The van der Waals surface area contributed by atoms with Crippen LogP contribution in [0.4, 0.5) is 0 Å². The minimum Gasteiger partial charge on any atom is -0.274 e. The van der Waals surface area contributed by atoms with Gasteiger partial charge in [-0.05, 0) is 25.8 Å². The Morgan fingerprint density at radius 1 is 1.18 bits per heavy atom. The second-order valence-corrected chi connectivity index (χ2v) is 6.04. The second kappa shape index (κ2) is 5.31.